The number of hydrogen-bond donors (Lipinski definition) is 1. The molecule has 76 valence electrons. The summed E-state index contributed by atoms with van der Waals surface area (Å²) in [4.78, 5) is 2.53. The summed E-state index contributed by atoms with van der Waals surface area (Å²) < 4.78 is 5.50. The number of ether oxygens (including phenoxy) is 1. The van der Waals surface area contributed by atoms with Crippen LogP contribution in [0.5, 0.6) is 0 Å². The topological polar surface area (TPSA) is 32.7 Å². The largest absolute Gasteiger partial charge is 0.396 e. The lowest BCUT2D eigenvalue weighted by molar-refractivity contribution is -0.0234. The summed E-state index contributed by atoms with van der Waals surface area (Å²) in [5, 5.41) is 9.00. The summed E-state index contributed by atoms with van der Waals surface area (Å²) in [7, 11) is 0. The van der Waals surface area contributed by atoms with E-state index in [1.165, 1.54) is 12.8 Å². The van der Waals surface area contributed by atoms with Gasteiger partial charge in [-0.25, -0.2) is 0 Å². The molecule has 0 amide bonds. The number of rotatable bonds is 3. The minimum atomic E-state index is 0.302. The molecule has 0 saturated carbocycles. The third kappa shape index (κ3) is 1.87. The predicted molar refractivity (Wildman–Crippen MR) is 50.6 cm³/mol. The molecule has 3 atom stereocenters. The molecule has 2 bridgehead atoms. The number of aliphatic hydroxyl groups is 1. The summed E-state index contributed by atoms with van der Waals surface area (Å²) in [6.07, 6.45) is 2.56. The first kappa shape index (κ1) is 9.44. The van der Waals surface area contributed by atoms with Crippen molar-refractivity contribution in [2.45, 2.75) is 31.8 Å². The van der Waals surface area contributed by atoms with E-state index in [0.717, 1.165) is 19.8 Å². The van der Waals surface area contributed by atoms with E-state index in [9.17, 15) is 0 Å². The fourth-order valence-electron chi connectivity index (χ4n) is 2.43. The number of hydrogen-bond acceptors (Lipinski definition) is 3. The van der Waals surface area contributed by atoms with E-state index in [4.69, 9.17) is 9.84 Å². The maximum absolute atomic E-state index is 9.00. The molecule has 13 heavy (non-hydrogen) atoms. The number of nitrogens with zero attached hydrogens (tertiary/aromatic N) is 1. The molecule has 3 heteroatoms. The molecule has 2 saturated heterocycles. The summed E-state index contributed by atoms with van der Waals surface area (Å²) in [6.45, 7) is 5.24. The lowest BCUT2D eigenvalue weighted by Crippen LogP contribution is -2.47. The van der Waals surface area contributed by atoms with Gasteiger partial charge in [0.15, 0.2) is 0 Å². The second-order valence-corrected chi connectivity index (χ2v) is 4.41. The van der Waals surface area contributed by atoms with Crippen molar-refractivity contribution < 1.29 is 9.84 Å². The van der Waals surface area contributed by atoms with Crippen LogP contribution in [0.15, 0.2) is 0 Å². The average Bonchev–Trinajstić information content (AvgIpc) is 2.41. The molecule has 0 spiro atoms. The summed E-state index contributed by atoms with van der Waals surface area (Å²) in [6, 6.07) is 1.26. The highest BCUT2D eigenvalue weighted by molar-refractivity contribution is 4.91. The van der Waals surface area contributed by atoms with Gasteiger partial charge in [-0.15, -0.1) is 0 Å². The SMILES string of the molecule is C[C@@H](CO)CN1C2CCC1COC2. The highest BCUT2D eigenvalue weighted by atomic mass is 16.5. The van der Waals surface area contributed by atoms with E-state index in [2.05, 4.69) is 11.8 Å². The molecule has 2 aliphatic rings. The molecule has 2 aliphatic heterocycles. The van der Waals surface area contributed by atoms with Crippen molar-refractivity contribution >= 4 is 0 Å². The second kappa shape index (κ2) is 3.95. The Kier molecular flexibility index (Phi) is 2.86. The first-order valence-corrected chi connectivity index (χ1v) is 5.25. The van der Waals surface area contributed by atoms with Crippen LogP contribution in [-0.2, 0) is 4.74 Å². The van der Waals surface area contributed by atoms with Crippen LogP contribution >= 0.6 is 0 Å². The molecule has 2 unspecified atom stereocenters. The van der Waals surface area contributed by atoms with E-state index in [1.54, 1.807) is 0 Å². The van der Waals surface area contributed by atoms with Crippen LogP contribution < -0.4 is 0 Å². The van der Waals surface area contributed by atoms with Gasteiger partial charge in [0.25, 0.3) is 0 Å². The average molecular weight is 185 g/mol. The lowest BCUT2D eigenvalue weighted by Gasteiger charge is -2.35. The first-order chi connectivity index (χ1) is 6.31. The van der Waals surface area contributed by atoms with Gasteiger partial charge in [-0.2, -0.15) is 0 Å². The molecule has 2 fully saturated rings. The molecular formula is C10H19NO2. The van der Waals surface area contributed by atoms with Crippen molar-refractivity contribution in [2.75, 3.05) is 26.4 Å². The predicted octanol–water partition coefficient (Wildman–Crippen LogP) is 0.478. The molecule has 0 aliphatic carbocycles. The van der Waals surface area contributed by atoms with Crippen LogP contribution in [0.3, 0.4) is 0 Å². The van der Waals surface area contributed by atoms with E-state index in [0.29, 0.717) is 24.6 Å². The highest BCUT2D eigenvalue weighted by Crippen LogP contribution is 2.29. The van der Waals surface area contributed by atoms with Crippen LogP contribution in [0.2, 0.25) is 0 Å². The molecule has 1 N–H and O–H groups in total. The Labute approximate surface area is 79.7 Å². The molecule has 3 nitrogen and oxygen atoms in total. The number of morpholine rings is 1. The Hall–Kier alpha value is -0.120. The van der Waals surface area contributed by atoms with Gasteiger partial charge in [0.1, 0.15) is 0 Å². The van der Waals surface area contributed by atoms with Crippen molar-refractivity contribution in [2.24, 2.45) is 5.92 Å². The van der Waals surface area contributed by atoms with Crippen molar-refractivity contribution in [1.82, 2.24) is 4.90 Å². The van der Waals surface area contributed by atoms with Crippen molar-refractivity contribution in [3.8, 4) is 0 Å². The van der Waals surface area contributed by atoms with Crippen molar-refractivity contribution in [3.05, 3.63) is 0 Å². The van der Waals surface area contributed by atoms with Crippen LogP contribution in [0, 0.1) is 5.92 Å². The fourth-order valence-corrected chi connectivity index (χ4v) is 2.43. The third-order valence-corrected chi connectivity index (χ3v) is 3.23. The number of fused-ring (bicyclic) bond motifs is 2. The summed E-state index contributed by atoms with van der Waals surface area (Å²) >= 11 is 0. The molecule has 2 rings (SSSR count). The number of aliphatic hydroxyl groups excluding tert-OH is 1. The van der Waals surface area contributed by atoms with Gasteiger partial charge >= 0.3 is 0 Å². The smallest absolute Gasteiger partial charge is 0.0622 e. The van der Waals surface area contributed by atoms with Gasteiger partial charge in [-0.3, -0.25) is 4.90 Å². The van der Waals surface area contributed by atoms with Gasteiger partial charge in [-0.1, -0.05) is 6.92 Å². The molecule has 0 radical (unpaired) electrons. The first-order valence-electron chi connectivity index (χ1n) is 5.25. The minimum absolute atomic E-state index is 0.302. The van der Waals surface area contributed by atoms with Gasteiger partial charge in [-0.05, 0) is 18.8 Å². The second-order valence-electron chi connectivity index (χ2n) is 4.41. The van der Waals surface area contributed by atoms with E-state index in [-0.39, 0.29) is 0 Å². The Balaban J connectivity index is 1.91. The Morgan fingerprint density at radius 3 is 2.54 bits per heavy atom. The quantitative estimate of drug-likeness (QED) is 0.694. The summed E-state index contributed by atoms with van der Waals surface area (Å²) in [5.74, 6) is 0.404. The van der Waals surface area contributed by atoms with Crippen molar-refractivity contribution in [1.29, 1.82) is 0 Å². The highest BCUT2D eigenvalue weighted by Gasteiger charge is 2.37. The van der Waals surface area contributed by atoms with Crippen LogP contribution in [0.4, 0.5) is 0 Å². The molecule has 2 heterocycles. The third-order valence-electron chi connectivity index (χ3n) is 3.23. The zero-order valence-electron chi connectivity index (χ0n) is 8.28. The Bertz CT molecular complexity index is 158. The molecule has 0 aromatic rings. The minimum Gasteiger partial charge on any atom is -0.396 e. The van der Waals surface area contributed by atoms with E-state index < -0.39 is 0 Å². The fraction of sp³-hybridized carbons (Fsp3) is 1.00. The molecule has 0 aromatic carbocycles. The van der Waals surface area contributed by atoms with Crippen LogP contribution in [0.25, 0.3) is 0 Å². The maximum atomic E-state index is 9.00. The zero-order chi connectivity index (χ0) is 9.26. The van der Waals surface area contributed by atoms with Crippen LogP contribution in [0.1, 0.15) is 19.8 Å². The van der Waals surface area contributed by atoms with Gasteiger partial charge in [0, 0.05) is 25.2 Å². The normalized spacial score (nSPS) is 36.5. The van der Waals surface area contributed by atoms with E-state index >= 15 is 0 Å². The zero-order valence-corrected chi connectivity index (χ0v) is 8.28. The summed E-state index contributed by atoms with van der Waals surface area (Å²) in [5.41, 5.74) is 0. The lowest BCUT2D eigenvalue weighted by atomic mass is 10.1. The van der Waals surface area contributed by atoms with Crippen LogP contribution in [-0.4, -0.2) is 48.5 Å². The molecular weight excluding hydrogens is 166 g/mol. The standard InChI is InChI=1S/C10H19NO2/c1-8(5-12)4-11-9-2-3-10(11)7-13-6-9/h8-10,12H,2-7H2,1H3/t8-,9?,10?/m1/s1. The van der Waals surface area contributed by atoms with Gasteiger partial charge in [0.05, 0.1) is 13.2 Å². The van der Waals surface area contributed by atoms with Crippen molar-refractivity contribution in [3.63, 3.8) is 0 Å². The Morgan fingerprint density at radius 2 is 2.00 bits per heavy atom. The monoisotopic (exact) mass is 185 g/mol. The van der Waals surface area contributed by atoms with E-state index in [1.807, 2.05) is 0 Å². The maximum Gasteiger partial charge on any atom is 0.0622 e. The molecule has 0 aromatic heterocycles. The van der Waals surface area contributed by atoms with Gasteiger partial charge in [0.2, 0.25) is 0 Å². The Morgan fingerprint density at radius 1 is 1.38 bits per heavy atom. The van der Waals surface area contributed by atoms with Gasteiger partial charge < -0.3 is 9.84 Å².